The van der Waals surface area contributed by atoms with Gasteiger partial charge in [-0.15, -0.1) is 0 Å². The highest BCUT2D eigenvalue weighted by Gasteiger charge is 2.11. The monoisotopic (exact) mass is 300 g/mol. The van der Waals surface area contributed by atoms with Crippen molar-refractivity contribution in [3.63, 3.8) is 0 Å². The standard InChI is InChI=1S/C13H20N2O2S2/c1-10(2)6-7-15-19(16,17)9-11-4-3-5-12(8-11)13(14)18/h3-5,8,10,15H,6-7,9H2,1-2H3,(H2,14,18). The van der Waals surface area contributed by atoms with E-state index in [9.17, 15) is 8.42 Å². The Labute approximate surface area is 120 Å². The summed E-state index contributed by atoms with van der Waals surface area (Å²) in [7, 11) is -3.31. The zero-order valence-electron chi connectivity index (χ0n) is 11.2. The molecule has 0 aliphatic rings. The number of nitrogens with two attached hydrogens (primary N) is 1. The summed E-state index contributed by atoms with van der Waals surface area (Å²) in [5.74, 6) is 0.419. The number of hydrogen-bond donors (Lipinski definition) is 2. The lowest BCUT2D eigenvalue weighted by Gasteiger charge is -2.09. The van der Waals surface area contributed by atoms with E-state index in [0.29, 0.717) is 23.6 Å². The normalized spacial score (nSPS) is 11.7. The van der Waals surface area contributed by atoms with E-state index < -0.39 is 10.0 Å². The molecule has 0 bridgehead atoms. The van der Waals surface area contributed by atoms with E-state index >= 15 is 0 Å². The molecule has 0 amide bonds. The van der Waals surface area contributed by atoms with Crippen LogP contribution in [0.4, 0.5) is 0 Å². The minimum absolute atomic E-state index is 0.0540. The van der Waals surface area contributed by atoms with Crippen LogP contribution in [0, 0.1) is 5.92 Å². The Morgan fingerprint density at radius 2 is 2.11 bits per heavy atom. The average Bonchev–Trinajstić information content (AvgIpc) is 2.27. The van der Waals surface area contributed by atoms with E-state index in [2.05, 4.69) is 18.6 Å². The largest absolute Gasteiger partial charge is 0.389 e. The van der Waals surface area contributed by atoms with Crippen LogP contribution in [0.5, 0.6) is 0 Å². The fraction of sp³-hybridized carbons (Fsp3) is 0.462. The first-order valence-electron chi connectivity index (χ1n) is 6.16. The van der Waals surface area contributed by atoms with Crippen molar-refractivity contribution in [1.29, 1.82) is 0 Å². The van der Waals surface area contributed by atoms with Gasteiger partial charge in [0.1, 0.15) is 4.99 Å². The van der Waals surface area contributed by atoms with Crippen LogP contribution in [0.15, 0.2) is 24.3 Å². The van der Waals surface area contributed by atoms with Crippen LogP contribution in [-0.2, 0) is 15.8 Å². The molecule has 0 fully saturated rings. The maximum atomic E-state index is 11.9. The Bertz CT molecular complexity index is 539. The van der Waals surface area contributed by atoms with Gasteiger partial charge in [-0.3, -0.25) is 0 Å². The van der Waals surface area contributed by atoms with E-state index in [1.807, 2.05) is 0 Å². The second-order valence-corrected chi connectivity index (χ2v) is 7.15. The molecule has 1 rings (SSSR count). The van der Waals surface area contributed by atoms with Gasteiger partial charge in [0.15, 0.2) is 0 Å². The number of hydrogen-bond acceptors (Lipinski definition) is 3. The van der Waals surface area contributed by atoms with Crippen LogP contribution >= 0.6 is 12.2 Å². The fourth-order valence-corrected chi connectivity index (χ4v) is 2.86. The van der Waals surface area contributed by atoms with Crippen molar-refractivity contribution in [2.24, 2.45) is 11.7 Å². The molecule has 1 aromatic carbocycles. The molecule has 0 spiro atoms. The van der Waals surface area contributed by atoms with Crippen LogP contribution in [0.1, 0.15) is 31.4 Å². The first-order chi connectivity index (χ1) is 8.80. The lowest BCUT2D eigenvalue weighted by Crippen LogP contribution is -2.27. The van der Waals surface area contributed by atoms with Crippen molar-refractivity contribution >= 4 is 27.2 Å². The SMILES string of the molecule is CC(C)CCNS(=O)(=O)Cc1cccc(C(N)=S)c1. The Kier molecular flexibility index (Phi) is 5.90. The van der Waals surface area contributed by atoms with Gasteiger partial charge >= 0.3 is 0 Å². The van der Waals surface area contributed by atoms with Crippen molar-refractivity contribution < 1.29 is 8.42 Å². The summed E-state index contributed by atoms with van der Waals surface area (Å²) < 4.78 is 26.4. The van der Waals surface area contributed by atoms with Crippen molar-refractivity contribution in [3.05, 3.63) is 35.4 Å². The molecule has 4 nitrogen and oxygen atoms in total. The minimum atomic E-state index is -3.31. The molecule has 0 aliphatic heterocycles. The molecule has 0 radical (unpaired) electrons. The number of rotatable bonds is 7. The van der Waals surface area contributed by atoms with Gasteiger partial charge in [-0.2, -0.15) is 0 Å². The van der Waals surface area contributed by atoms with E-state index in [-0.39, 0.29) is 10.7 Å². The molecule has 0 aliphatic carbocycles. The van der Waals surface area contributed by atoms with Crippen molar-refractivity contribution in [3.8, 4) is 0 Å². The highest BCUT2D eigenvalue weighted by molar-refractivity contribution is 7.88. The van der Waals surface area contributed by atoms with Crippen molar-refractivity contribution in [2.45, 2.75) is 26.0 Å². The molecule has 1 aromatic rings. The van der Waals surface area contributed by atoms with E-state index in [0.717, 1.165) is 6.42 Å². The van der Waals surface area contributed by atoms with Crippen LogP contribution in [0.2, 0.25) is 0 Å². The summed E-state index contributed by atoms with van der Waals surface area (Å²) >= 11 is 4.87. The highest BCUT2D eigenvalue weighted by Crippen LogP contribution is 2.09. The molecule has 0 atom stereocenters. The summed E-state index contributed by atoms with van der Waals surface area (Å²) in [6.07, 6.45) is 0.826. The van der Waals surface area contributed by atoms with Gasteiger partial charge in [0, 0.05) is 12.1 Å². The quantitative estimate of drug-likeness (QED) is 0.753. The molecule has 0 heterocycles. The second-order valence-electron chi connectivity index (χ2n) is 4.90. The lowest BCUT2D eigenvalue weighted by molar-refractivity contribution is 0.551. The predicted octanol–water partition coefficient (Wildman–Crippen LogP) is 1.79. The number of benzene rings is 1. The molecule has 106 valence electrons. The van der Waals surface area contributed by atoms with Crippen LogP contribution in [0.25, 0.3) is 0 Å². The third-order valence-electron chi connectivity index (χ3n) is 2.61. The van der Waals surface area contributed by atoms with E-state index in [4.69, 9.17) is 18.0 Å². The average molecular weight is 300 g/mol. The van der Waals surface area contributed by atoms with Gasteiger partial charge in [-0.25, -0.2) is 13.1 Å². The Morgan fingerprint density at radius 1 is 1.42 bits per heavy atom. The topological polar surface area (TPSA) is 72.2 Å². The Morgan fingerprint density at radius 3 is 2.68 bits per heavy atom. The van der Waals surface area contributed by atoms with Gasteiger partial charge in [-0.1, -0.05) is 44.3 Å². The summed E-state index contributed by atoms with van der Waals surface area (Å²) in [4.78, 5) is 0.270. The highest BCUT2D eigenvalue weighted by atomic mass is 32.2. The summed E-state index contributed by atoms with van der Waals surface area (Å²) in [5.41, 5.74) is 6.89. The smallest absolute Gasteiger partial charge is 0.215 e. The van der Waals surface area contributed by atoms with Gasteiger partial charge in [-0.05, 0) is 24.0 Å². The van der Waals surface area contributed by atoms with Gasteiger partial charge in [0.05, 0.1) is 5.75 Å². The molecule has 0 unspecified atom stereocenters. The van der Waals surface area contributed by atoms with Crippen molar-refractivity contribution in [2.75, 3.05) is 6.54 Å². The molecule has 0 saturated heterocycles. The third-order valence-corrected chi connectivity index (χ3v) is 4.20. The van der Waals surface area contributed by atoms with Gasteiger partial charge in [0.25, 0.3) is 0 Å². The Balaban J connectivity index is 2.67. The maximum Gasteiger partial charge on any atom is 0.215 e. The van der Waals surface area contributed by atoms with Crippen LogP contribution < -0.4 is 10.5 Å². The molecular weight excluding hydrogens is 280 g/mol. The number of nitrogens with one attached hydrogen (secondary N) is 1. The second kappa shape index (κ2) is 6.98. The Hall–Kier alpha value is -0.980. The molecule has 3 N–H and O–H groups in total. The van der Waals surface area contributed by atoms with Crippen LogP contribution in [-0.4, -0.2) is 20.0 Å². The molecular formula is C13H20N2O2S2. The molecule has 6 heteroatoms. The van der Waals surface area contributed by atoms with Gasteiger partial charge < -0.3 is 5.73 Å². The maximum absolute atomic E-state index is 11.9. The number of thiocarbonyl (C=S) groups is 1. The first kappa shape index (κ1) is 16.1. The van der Waals surface area contributed by atoms with E-state index in [1.54, 1.807) is 24.3 Å². The van der Waals surface area contributed by atoms with Crippen molar-refractivity contribution in [1.82, 2.24) is 4.72 Å². The number of sulfonamides is 1. The molecule has 19 heavy (non-hydrogen) atoms. The van der Waals surface area contributed by atoms with Crippen LogP contribution in [0.3, 0.4) is 0 Å². The fourth-order valence-electron chi connectivity index (χ4n) is 1.59. The van der Waals surface area contributed by atoms with E-state index in [1.165, 1.54) is 0 Å². The first-order valence-corrected chi connectivity index (χ1v) is 8.22. The van der Waals surface area contributed by atoms with Gasteiger partial charge in [0.2, 0.25) is 10.0 Å². The summed E-state index contributed by atoms with van der Waals surface area (Å²) in [6.45, 7) is 4.58. The zero-order valence-corrected chi connectivity index (χ0v) is 12.9. The zero-order chi connectivity index (χ0) is 14.5. The molecule has 0 saturated carbocycles. The lowest BCUT2D eigenvalue weighted by atomic mass is 10.1. The predicted molar refractivity (Wildman–Crippen MR) is 82.4 cm³/mol. The molecule has 0 aromatic heterocycles. The summed E-state index contributed by atoms with van der Waals surface area (Å²) in [5, 5.41) is 0. The third kappa shape index (κ3) is 6.13. The minimum Gasteiger partial charge on any atom is -0.389 e. The summed E-state index contributed by atoms with van der Waals surface area (Å²) in [6, 6.07) is 6.99.